The van der Waals surface area contributed by atoms with Gasteiger partial charge in [0, 0.05) is 19.7 Å². The Hall–Kier alpha value is -1.30. The number of urea groups is 1. The van der Waals surface area contributed by atoms with E-state index in [1.165, 1.54) is 0 Å². The lowest BCUT2D eigenvalue weighted by Gasteiger charge is -2.46. The molecule has 0 saturated heterocycles. The number of amides is 2. The van der Waals surface area contributed by atoms with E-state index in [1.54, 1.807) is 0 Å². The van der Waals surface area contributed by atoms with Crippen molar-refractivity contribution in [1.82, 2.24) is 10.6 Å². The minimum atomic E-state index is -0.924. The lowest BCUT2D eigenvalue weighted by Crippen LogP contribution is -2.49. The molecule has 110 valence electrons. The van der Waals surface area contributed by atoms with Gasteiger partial charge in [-0.15, -0.1) is 0 Å². The summed E-state index contributed by atoms with van der Waals surface area (Å²) >= 11 is 0. The fraction of sp³-hybridized carbons (Fsp3) is 0.846. The van der Waals surface area contributed by atoms with Crippen molar-refractivity contribution >= 4 is 12.0 Å². The fourth-order valence-electron chi connectivity index (χ4n) is 2.58. The highest BCUT2D eigenvalue weighted by Gasteiger charge is 2.41. The molecular weight excluding hydrogens is 248 g/mol. The van der Waals surface area contributed by atoms with Crippen LogP contribution in [0.2, 0.25) is 0 Å². The molecule has 4 N–H and O–H groups in total. The Bertz CT molecular complexity index is 316. The number of hydrogen-bond acceptors (Lipinski definition) is 3. The van der Waals surface area contributed by atoms with Gasteiger partial charge in [0.25, 0.3) is 0 Å². The van der Waals surface area contributed by atoms with E-state index in [0.29, 0.717) is 12.5 Å². The average molecular weight is 272 g/mol. The Balaban J connectivity index is 2.29. The van der Waals surface area contributed by atoms with Crippen molar-refractivity contribution in [3.05, 3.63) is 0 Å². The molecule has 1 aliphatic rings. The van der Waals surface area contributed by atoms with Gasteiger partial charge in [-0.05, 0) is 30.6 Å². The molecule has 0 spiro atoms. The van der Waals surface area contributed by atoms with Gasteiger partial charge in [0.05, 0.1) is 6.42 Å². The summed E-state index contributed by atoms with van der Waals surface area (Å²) in [5.41, 5.74) is 0.104. The molecule has 1 rings (SSSR count). The maximum atomic E-state index is 11.5. The summed E-state index contributed by atoms with van der Waals surface area (Å²) in [6.07, 6.45) is 3.99. The van der Waals surface area contributed by atoms with Crippen molar-refractivity contribution in [3.8, 4) is 0 Å². The van der Waals surface area contributed by atoms with Gasteiger partial charge in [-0.2, -0.15) is 0 Å². The average Bonchev–Trinajstić information content (AvgIpc) is 2.27. The fourth-order valence-corrected chi connectivity index (χ4v) is 2.58. The van der Waals surface area contributed by atoms with Crippen molar-refractivity contribution in [2.45, 2.75) is 39.0 Å². The molecule has 6 heteroatoms. The number of aliphatic hydroxyl groups is 1. The first kappa shape index (κ1) is 15.8. The zero-order chi connectivity index (χ0) is 14.3. The van der Waals surface area contributed by atoms with E-state index in [4.69, 9.17) is 10.2 Å². The second-order valence-corrected chi connectivity index (χ2v) is 5.38. The lowest BCUT2D eigenvalue weighted by atomic mass is 9.60. The molecule has 0 aliphatic heterocycles. The summed E-state index contributed by atoms with van der Waals surface area (Å²) in [5, 5.41) is 22.8. The van der Waals surface area contributed by atoms with Gasteiger partial charge in [-0.3, -0.25) is 4.79 Å². The van der Waals surface area contributed by atoms with Crippen LogP contribution in [0, 0.1) is 11.3 Å². The third-order valence-corrected chi connectivity index (χ3v) is 4.18. The molecule has 2 amide bonds. The van der Waals surface area contributed by atoms with Crippen LogP contribution in [0.25, 0.3) is 0 Å². The van der Waals surface area contributed by atoms with Gasteiger partial charge in [-0.1, -0.05) is 13.3 Å². The van der Waals surface area contributed by atoms with Gasteiger partial charge in [0.2, 0.25) is 0 Å². The number of carbonyl (C=O) groups excluding carboxylic acids is 1. The van der Waals surface area contributed by atoms with Gasteiger partial charge >= 0.3 is 12.0 Å². The van der Waals surface area contributed by atoms with Crippen LogP contribution in [-0.4, -0.2) is 41.9 Å². The van der Waals surface area contributed by atoms with E-state index in [-0.39, 0.29) is 31.0 Å². The van der Waals surface area contributed by atoms with E-state index in [1.807, 2.05) is 0 Å². The molecule has 19 heavy (non-hydrogen) atoms. The highest BCUT2D eigenvalue weighted by Crippen LogP contribution is 2.47. The van der Waals surface area contributed by atoms with Gasteiger partial charge < -0.3 is 20.8 Å². The molecule has 1 fully saturated rings. The normalized spacial score (nSPS) is 18.2. The zero-order valence-electron chi connectivity index (χ0n) is 11.4. The molecule has 1 atom stereocenters. The van der Waals surface area contributed by atoms with Crippen LogP contribution in [0.3, 0.4) is 0 Å². The first-order valence-electron chi connectivity index (χ1n) is 6.84. The van der Waals surface area contributed by atoms with Crippen molar-refractivity contribution < 1.29 is 19.8 Å². The molecular formula is C13H24N2O4. The standard InChI is InChI=1S/C13H24N2O4/c1-10(4-8-16)13(5-2-6-13)9-15-12(19)14-7-3-11(17)18/h10,16H,2-9H2,1H3,(H,17,18)(H2,14,15,19). The van der Waals surface area contributed by atoms with E-state index < -0.39 is 5.97 Å². The monoisotopic (exact) mass is 272 g/mol. The second kappa shape index (κ2) is 7.33. The lowest BCUT2D eigenvalue weighted by molar-refractivity contribution is -0.136. The number of carboxylic acids is 1. The minimum Gasteiger partial charge on any atom is -0.481 e. The highest BCUT2D eigenvalue weighted by atomic mass is 16.4. The third kappa shape index (κ3) is 4.70. The smallest absolute Gasteiger partial charge is 0.314 e. The molecule has 0 heterocycles. The molecule has 1 aliphatic carbocycles. The van der Waals surface area contributed by atoms with Crippen LogP contribution in [0.4, 0.5) is 4.79 Å². The largest absolute Gasteiger partial charge is 0.481 e. The van der Waals surface area contributed by atoms with Gasteiger partial charge in [0.1, 0.15) is 0 Å². The van der Waals surface area contributed by atoms with E-state index >= 15 is 0 Å². The number of carboxylic acid groups (broad SMARTS) is 1. The molecule has 0 aromatic heterocycles. The molecule has 1 saturated carbocycles. The molecule has 0 aromatic rings. The maximum Gasteiger partial charge on any atom is 0.314 e. The van der Waals surface area contributed by atoms with Crippen molar-refractivity contribution in [2.75, 3.05) is 19.7 Å². The Morgan fingerprint density at radius 2 is 2.00 bits per heavy atom. The Kier molecular flexibility index (Phi) is 6.08. The summed E-state index contributed by atoms with van der Waals surface area (Å²) < 4.78 is 0. The van der Waals surface area contributed by atoms with Gasteiger partial charge in [-0.25, -0.2) is 4.79 Å². The summed E-state index contributed by atoms with van der Waals surface area (Å²) in [6.45, 7) is 3.01. The molecule has 0 radical (unpaired) electrons. The number of carbonyl (C=O) groups is 2. The van der Waals surface area contributed by atoms with Crippen LogP contribution >= 0.6 is 0 Å². The van der Waals surface area contributed by atoms with E-state index in [0.717, 1.165) is 25.7 Å². The third-order valence-electron chi connectivity index (χ3n) is 4.18. The summed E-state index contributed by atoms with van der Waals surface area (Å²) in [5.74, 6) is -0.544. The quantitative estimate of drug-likeness (QED) is 0.528. The van der Waals surface area contributed by atoms with Crippen molar-refractivity contribution in [2.24, 2.45) is 11.3 Å². The molecule has 6 nitrogen and oxygen atoms in total. The number of aliphatic carboxylic acids is 1. The Labute approximate surface area is 113 Å². The van der Waals surface area contributed by atoms with Crippen LogP contribution in [-0.2, 0) is 4.79 Å². The zero-order valence-corrected chi connectivity index (χ0v) is 11.4. The number of rotatable bonds is 8. The SMILES string of the molecule is CC(CCO)C1(CNC(=O)NCCC(=O)O)CCC1. The second-order valence-electron chi connectivity index (χ2n) is 5.38. The first-order chi connectivity index (χ1) is 9.00. The molecule has 1 unspecified atom stereocenters. The predicted molar refractivity (Wildman–Crippen MR) is 70.8 cm³/mol. The van der Waals surface area contributed by atoms with Crippen LogP contribution < -0.4 is 10.6 Å². The van der Waals surface area contributed by atoms with Crippen LogP contribution in [0.15, 0.2) is 0 Å². The Morgan fingerprint density at radius 3 is 2.47 bits per heavy atom. The predicted octanol–water partition coefficient (Wildman–Crippen LogP) is 0.949. The number of aliphatic hydroxyl groups excluding tert-OH is 1. The van der Waals surface area contributed by atoms with Gasteiger partial charge in [0.15, 0.2) is 0 Å². The van der Waals surface area contributed by atoms with E-state index in [9.17, 15) is 9.59 Å². The Morgan fingerprint density at radius 1 is 1.32 bits per heavy atom. The summed E-state index contributed by atoms with van der Waals surface area (Å²) in [7, 11) is 0. The van der Waals surface area contributed by atoms with E-state index in [2.05, 4.69) is 17.6 Å². The minimum absolute atomic E-state index is 0.0700. The summed E-state index contributed by atoms with van der Waals surface area (Å²) in [4.78, 5) is 21.8. The number of nitrogens with one attached hydrogen (secondary N) is 2. The molecule has 0 aromatic carbocycles. The van der Waals surface area contributed by atoms with Crippen LogP contribution in [0.1, 0.15) is 39.0 Å². The van der Waals surface area contributed by atoms with Crippen molar-refractivity contribution in [3.63, 3.8) is 0 Å². The molecule has 0 bridgehead atoms. The summed E-state index contributed by atoms with van der Waals surface area (Å²) in [6, 6.07) is -0.316. The maximum absolute atomic E-state index is 11.5. The van der Waals surface area contributed by atoms with Crippen LogP contribution in [0.5, 0.6) is 0 Å². The highest BCUT2D eigenvalue weighted by molar-refractivity contribution is 5.75. The first-order valence-corrected chi connectivity index (χ1v) is 6.84. The topological polar surface area (TPSA) is 98.7 Å². The number of hydrogen-bond donors (Lipinski definition) is 4. The van der Waals surface area contributed by atoms with Crippen molar-refractivity contribution in [1.29, 1.82) is 0 Å².